The zero-order valence-corrected chi connectivity index (χ0v) is 9.52. The van der Waals surface area contributed by atoms with Crippen molar-refractivity contribution >= 4 is 0 Å². The first-order chi connectivity index (χ1) is 7.29. The molecule has 2 rings (SSSR count). The third-order valence-corrected chi connectivity index (χ3v) is 3.49. The zero-order valence-electron chi connectivity index (χ0n) is 9.52. The average Bonchev–Trinajstić information content (AvgIpc) is 2.88. The number of aliphatic hydroxyl groups is 1. The lowest BCUT2D eigenvalue weighted by atomic mass is 10.1. The average molecular weight is 207 g/mol. The smallest absolute Gasteiger partial charge is 0.0802 e. The lowest BCUT2D eigenvalue weighted by Crippen LogP contribution is -2.05. The van der Waals surface area contributed by atoms with E-state index in [0.717, 1.165) is 24.4 Å². The molecule has 1 aliphatic rings. The summed E-state index contributed by atoms with van der Waals surface area (Å²) in [5, 5.41) is 9.69. The van der Waals surface area contributed by atoms with Gasteiger partial charge in [0, 0.05) is 18.9 Å². The second-order valence-electron chi connectivity index (χ2n) is 4.72. The molecule has 0 bridgehead atoms. The predicted molar refractivity (Wildman–Crippen MR) is 61.6 cm³/mol. The molecule has 1 aliphatic carbocycles. The van der Waals surface area contributed by atoms with Crippen molar-refractivity contribution in [1.82, 2.24) is 4.57 Å². The summed E-state index contributed by atoms with van der Waals surface area (Å²) in [4.78, 5) is 0. The summed E-state index contributed by atoms with van der Waals surface area (Å²) in [5.41, 5.74) is 1.07. The number of hydrogen-bond donors (Lipinski definition) is 1. The molecule has 0 amide bonds. The van der Waals surface area contributed by atoms with Gasteiger partial charge in [-0.2, -0.15) is 0 Å². The molecule has 2 nitrogen and oxygen atoms in total. The van der Waals surface area contributed by atoms with Crippen molar-refractivity contribution < 1.29 is 5.11 Å². The molecule has 2 heteroatoms. The van der Waals surface area contributed by atoms with E-state index in [1.165, 1.54) is 25.7 Å². The van der Waals surface area contributed by atoms with Crippen LogP contribution in [0.4, 0.5) is 0 Å². The van der Waals surface area contributed by atoms with Crippen molar-refractivity contribution in [2.45, 2.75) is 51.7 Å². The van der Waals surface area contributed by atoms with Gasteiger partial charge in [-0.15, -0.1) is 0 Å². The summed E-state index contributed by atoms with van der Waals surface area (Å²) in [6.45, 7) is 3.15. The molecule has 0 aromatic carbocycles. The standard InChI is InChI=1S/C13H21NO/c1-2-13(15)12-7-8-14(10-12)9-11-5-3-4-6-11/h7-8,10-11,13,15H,2-6,9H2,1H3. The van der Waals surface area contributed by atoms with Gasteiger partial charge >= 0.3 is 0 Å². The SMILES string of the molecule is CCC(O)c1ccn(CC2CCCC2)c1. The van der Waals surface area contributed by atoms with Gasteiger partial charge in [0.25, 0.3) is 0 Å². The molecule has 84 valence electrons. The summed E-state index contributed by atoms with van der Waals surface area (Å²) in [6, 6.07) is 2.04. The Kier molecular flexibility index (Phi) is 3.47. The van der Waals surface area contributed by atoms with E-state index in [9.17, 15) is 5.11 Å². The van der Waals surface area contributed by atoms with Gasteiger partial charge in [-0.05, 0) is 36.8 Å². The molecular weight excluding hydrogens is 186 g/mol. The van der Waals surface area contributed by atoms with Gasteiger partial charge in [0.2, 0.25) is 0 Å². The maximum absolute atomic E-state index is 9.69. The van der Waals surface area contributed by atoms with Gasteiger partial charge in [-0.1, -0.05) is 19.8 Å². The highest BCUT2D eigenvalue weighted by Crippen LogP contribution is 2.26. The second-order valence-corrected chi connectivity index (χ2v) is 4.72. The summed E-state index contributed by atoms with van der Waals surface area (Å²) in [7, 11) is 0. The molecule has 1 fully saturated rings. The van der Waals surface area contributed by atoms with E-state index in [0.29, 0.717) is 0 Å². The van der Waals surface area contributed by atoms with Crippen molar-refractivity contribution in [2.75, 3.05) is 0 Å². The molecule has 1 unspecified atom stereocenters. The Morgan fingerprint density at radius 2 is 2.20 bits per heavy atom. The van der Waals surface area contributed by atoms with Gasteiger partial charge in [0.05, 0.1) is 6.10 Å². The molecule has 1 heterocycles. The van der Waals surface area contributed by atoms with Crippen LogP contribution in [-0.4, -0.2) is 9.67 Å². The Labute approximate surface area is 91.9 Å². The van der Waals surface area contributed by atoms with Crippen LogP contribution in [-0.2, 0) is 6.54 Å². The minimum absolute atomic E-state index is 0.283. The van der Waals surface area contributed by atoms with Crippen LogP contribution in [0, 0.1) is 5.92 Å². The molecule has 0 aliphatic heterocycles. The highest BCUT2D eigenvalue weighted by atomic mass is 16.3. The zero-order chi connectivity index (χ0) is 10.7. The predicted octanol–water partition coefficient (Wildman–Crippen LogP) is 3.12. The van der Waals surface area contributed by atoms with E-state index >= 15 is 0 Å². The third-order valence-electron chi connectivity index (χ3n) is 3.49. The Bertz CT molecular complexity index is 299. The van der Waals surface area contributed by atoms with E-state index in [1.807, 2.05) is 13.0 Å². The van der Waals surface area contributed by atoms with Gasteiger partial charge in [-0.25, -0.2) is 0 Å². The maximum Gasteiger partial charge on any atom is 0.0802 e. The summed E-state index contributed by atoms with van der Waals surface area (Å²) in [6.07, 6.45) is 10.3. The van der Waals surface area contributed by atoms with Crippen LogP contribution >= 0.6 is 0 Å². The van der Waals surface area contributed by atoms with E-state index in [2.05, 4.69) is 17.0 Å². The third kappa shape index (κ3) is 2.63. The maximum atomic E-state index is 9.69. The fourth-order valence-corrected chi connectivity index (χ4v) is 2.50. The molecule has 1 atom stereocenters. The lowest BCUT2D eigenvalue weighted by molar-refractivity contribution is 0.173. The molecular formula is C13H21NO. The molecule has 15 heavy (non-hydrogen) atoms. The molecule has 1 N–H and O–H groups in total. The summed E-state index contributed by atoms with van der Waals surface area (Å²) in [5.74, 6) is 0.865. The van der Waals surface area contributed by atoms with Crippen molar-refractivity contribution in [3.63, 3.8) is 0 Å². The van der Waals surface area contributed by atoms with Crippen LogP contribution in [0.25, 0.3) is 0 Å². The Balaban J connectivity index is 1.94. The highest BCUT2D eigenvalue weighted by Gasteiger charge is 2.15. The number of nitrogens with zero attached hydrogens (tertiary/aromatic N) is 1. The topological polar surface area (TPSA) is 25.2 Å². The van der Waals surface area contributed by atoms with Crippen LogP contribution in [0.2, 0.25) is 0 Å². The van der Waals surface area contributed by atoms with Gasteiger partial charge in [0.1, 0.15) is 0 Å². The van der Waals surface area contributed by atoms with Crippen LogP contribution in [0.1, 0.15) is 50.7 Å². The molecule has 0 spiro atoms. The molecule has 1 aromatic heterocycles. The van der Waals surface area contributed by atoms with Gasteiger partial charge in [-0.3, -0.25) is 0 Å². The van der Waals surface area contributed by atoms with Crippen molar-refractivity contribution in [3.8, 4) is 0 Å². The number of aromatic nitrogens is 1. The van der Waals surface area contributed by atoms with E-state index < -0.39 is 0 Å². The normalized spacial score (nSPS) is 19.6. The van der Waals surface area contributed by atoms with Crippen LogP contribution in [0.15, 0.2) is 18.5 Å². The minimum Gasteiger partial charge on any atom is -0.388 e. The number of hydrogen-bond acceptors (Lipinski definition) is 1. The Hall–Kier alpha value is -0.760. The van der Waals surface area contributed by atoms with Gasteiger partial charge < -0.3 is 9.67 Å². The fourth-order valence-electron chi connectivity index (χ4n) is 2.50. The fraction of sp³-hybridized carbons (Fsp3) is 0.692. The summed E-state index contributed by atoms with van der Waals surface area (Å²) < 4.78 is 2.24. The van der Waals surface area contributed by atoms with Crippen LogP contribution in [0.5, 0.6) is 0 Å². The lowest BCUT2D eigenvalue weighted by Gasteiger charge is -2.10. The second kappa shape index (κ2) is 4.84. The van der Waals surface area contributed by atoms with E-state index in [-0.39, 0.29) is 6.10 Å². The molecule has 1 saturated carbocycles. The molecule has 0 saturated heterocycles. The monoisotopic (exact) mass is 207 g/mol. The highest BCUT2D eigenvalue weighted by molar-refractivity contribution is 5.13. The first-order valence-electron chi connectivity index (χ1n) is 6.13. The number of aliphatic hydroxyl groups excluding tert-OH is 1. The van der Waals surface area contributed by atoms with Crippen LogP contribution in [0.3, 0.4) is 0 Å². The minimum atomic E-state index is -0.283. The van der Waals surface area contributed by atoms with Crippen LogP contribution < -0.4 is 0 Å². The van der Waals surface area contributed by atoms with Crippen molar-refractivity contribution in [2.24, 2.45) is 5.92 Å². The summed E-state index contributed by atoms with van der Waals surface area (Å²) >= 11 is 0. The first-order valence-corrected chi connectivity index (χ1v) is 6.13. The number of rotatable bonds is 4. The Morgan fingerprint density at radius 3 is 2.87 bits per heavy atom. The largest absolute Gasteiger partial charge is 0.388 e. The Morgan fingerprint density at radius 1 is 1.47 bits per heavy atom. The van der Waals surface area contributed by atoms with Crippen molar-refractivity contribution in [3.05, 3.63) is 24.0 Å². The first kappa shape index (κ1) is 10.7. The van der Waals surface area contributed by atoms with E-state index in [4.69, 9.17) is 0 Å². The van der Waals surface area contributed by atoms with E-state index in [1.54, 1.807) is 0 Å². The molecule has 0 radical (unpaired) electrons. The van der Waals surface area contributed by atoms with Crippen molar-refractivity contribution in [1.29, 1.82) is 0 Å². The van der Waals surface area contributed by atoms with Gasteiger partial charge in [0.15, 0.2) is 0 Å². The quantitative estimate of drug-likeness (QED) is 0.806. The molecule has 1 aromatic rings.